The molecule has 2 aromatic heterocycles. The van der Waals surface area contributed by atoms with Crippen molar-refractivity contribution in [3.63, 3.8) is 0 Å². The van der Waals surface area contributed by atoms with Gasteiger partial charge in [0, 0.05) is 36.0 Å². The van der Waals surface area contributed by atoms with Crippen LogP contribution in [0, 0.1) is 13.8 Å². The van der Waals surface area contributed by atoms with Crippen molar-refractivity contribution in [1.82, 2.24) is 25.3 Å². The average Bonchev–Trinajstić information content (AvgIpc) is 3.15. The maximum absolute atomic E-state index is 12.6. The summed E-state index contributed by atoms with van der Waals surface area (Å²) in [5, 5.41) is 14.5. The van der Waals surface area contributed by atoms with Gasteiger partial charge in [0.1, 0.15) is 23.7 Å². The lowest BCUT2D eigenvalue weighted by Crippen LogP contribution is -2.25. The van der Waals surface area contributed by atoms with Gasteiger partial charge in [-0.1, -0.05) is 12.1 Å². The molecule has 2 N–H and O–H groups in total. The summed E-state index contributed by atoms with van der Waals surface area (Å²) in [5.74, 6) is 0.592. The lowest BCUT2D eigenvalue weighted by Gasteiger charge is -2.17. The molecule has 1 aromatic carbocycles. The SMILES string of the molecule is Cc1nn(C)c(C)c1CNC(=O)c1[nH]nc2c1COc1ccccc1-2. The third kappa shape index (κ3) is 2.48. The van der Waals surface area contributed by atoms with Gasteiger partial charge in [0.2, 0.25) is 0 Å². The Hall–Kier alpha value is -3.09. The number of hydrogen-bond donors (Lipinski definition) is 2. The Morgan fingerprint density at radius 3 is 2.92 bits per heavy atom. The molecule has 7 heteroatoms. The van der Waals surface area contributed by atoms with Crippen LogP contribution >= 0.6 is 0 Å². The number of rotatable bonds is 3. The molecule has 25 heavy (non-hydrogen) atoms. The van der Waals surface area contributed by atoms with Crippen LogP contribution in [0.2, 0.25) is 0 Å². The highest BCUT2D eigenvalue weighted by Gasteiger charge is 2.26. The van der Waals surface area contributed by atoms with E-state index >= 15 is 0 Å². The minimum atomic E-state index is -0.195. The molecule has 3 heterocycles. The number of aromatic amines is 1. The first-order valence-corrected chi connectivity index (χ1v) is 8.13. The molecule has 0 saturated heterocycles. The summed E-state index contributed by atoms with van der Waals surface area (Å²) in [6, 6.07) is 7.70. The van der Waals surface area contributed by atoms with E-state index in [2.05, 4.69) is 20.6 Å². The van der Waals surface area contributed by atoms with Crippen molar-refractivity contribution >= 4 is 5.91 Å². The molecule has 1 aliphatic rings. The van der Waals surface area contributed by atoms with Crippen LogP contribution in [-0.2, 0) is 20.2 Å². The average molecular weight is 337 g/mol. The van der Waals surface area contributed by atoms with Gasteiger partial charge in [0.05, 0.1) is 5.69 Å². The quantitative estimate of drug-likeness (QED) is 0.768. The molecular formula is C18H19N5O2. The van der Waals surface area contributed by atoms with Crippen molar-refractivity contribution in [2.45, 2.75) is 27.0 Å². The summed E-state index contributed by atoms with van der Waals surface area (Å²) >= 11 is 0. The molecule has 0 bridgehead atoms. The maximum atomic E-state index is 12.6. The Morgan fingerprint density at radius 1 is 1.36 bits per heavy atom. The van der Waals surface area contributed by atoms with Gasteiger partial charge in [-0.25, -0.2) is 0 Å². The van der Waals surface area contributed by atoms with E-state index in [1.807, 2.05) is 49.8 Å². The number of amides is 1. The highest BCUT2D eigenvalue weighted by atomic mass is 16.5. The van der Waals surface area contributed by atoms with E-state index in [4.69, 9.17) is 4.74 Å². The molecule has 0 atom stereocenters. The number of H-pyrrole nitrogens is 1. The van der Waals surface area contributed by atoms with Crippen molar-refractivity contribution in [2.75, 3.05) is 0 Å². The smallest absolute Gasteiger partial charge is 0.270 e. The summed E-state index contributed by atoms with van der Waals surface area (Å²) in [5.41, 5.74) is 5.91. The van der Waals surface area contributed by atoms with Gasteiger partial charge >= 0.3 is 0 Å². The van der Waals surface area contributed by atoms with Gasteiger partial charge in [-0.15, -0.1) is 0 Å². The topological polar surface area (TPSA) is 84.8 Å². The van der Waals surface area contributed by atoms with Gasteiger partial charge in [0.15, 0.2) is 0 Å². The van der Waals surface area contributed by atoms with E-state index in [0.717, 1.165) is 39.5 Å². The third-order valence-corrected chi connectivity index (χ3v) is 4.69. The molecule has 0 saturated carbocycles. The van der Waals surface area contributed by atoms with E-state index in [9.17, 15) is 4.79 Å². The normalized spacial score (nSPS) is 12.3. The van der Waals surface area contributed by atoms with Crippen molar-refractivity contribution in [3.05, 3.63) is 52.5 Å². The number of para-hydroxylation sites is 1. The first-order chi connectivity index (χ1) is 12.1. The molecule has 0 fully saturated rings. The standard InChI is InChI=1S/C18H19N5O2/c1-10-13(11(2)23(3)22-10)8-19-18(24)17-14-9-25-15-7-5-4-6-12(15)16(14)20-21-17/h4-7H,8-9H2,1-3H3,(H,19,24)(H,20,21). The van der Waals surface area contributed by atoms with Crippen LogP contribution in [0.4, 0.5) is 0 Å². The van der Waals surface area contributed by atoms with Crippen LogP contribution in [0.25, 0.3) is 11.3 Å². The predicted octanol–water partition coefficient (Wildman–Crippen LogP) is 2.25. The van der Waals surface area contributed by atoms with Crippen molar-refractivity contribution in [2.24, 2.45) is 7.05 Å². The van der Waals surface area contributed by atoms with Gasteiger partial charge < -0.3 is 10.1 Å². The molecule has 0 unspecified atom stereocenters. The lowest BCUT2D eigenvalue weighted by molar-refractivity contribution is 0.0943. The van der Waals surface area contributed by atoms with Gasteiger partial charge in [0.25, 0.3) is 5.91 Å². The number of aryl methyl sites for hydroxylation is 2. The molecule has 1 amide bonds. The van der Waals surface area contributed by atoms with Crippen molar-refractivity contribution < 1.29 is 9.53 Å². The molecule has 1 aliphatic heterocycles. The fourth-order valence-electron chi connectivity index (χ4n) is 3.18. The van der Waals surface area contributed by atoms with Gasteiger partial charge in [-0.05, 0) is 26.0 Å². The predicted molar refractivity (Wildman–Crippen MR) is 92.2 cm³/mol. The fourth-order valence-corrected chi connectivity index (χ4v) is 3.18. The molecule has 0 radical (unpaired) electrons. The number of nitrogens with one attached hydrogen (secondary N) is 2. The largest absolute Gasteiger partial charge is 0.488 e. The number of aromatic nitrogens is 4. The summed E-state index contributed by atoms with van der Waals surface area (Å²) in [4.78, 5) is 12.6. The molecular weight excluding hydrogens is 318 g/mol. The monoisotopic (exact) mass is 337 g/mol. The zero-order valence-corrected chi connectivity index (χ0v) is 14.4. The minimum absolute atomic E-state index is 0.195. The van der Waals surface area contributed by atoms with Crippen molar-refractivity contribution in [3.8, 4) is 17.0 Å². The Balaban J connectivity index is 1.58. The van der Waals surface area contributed by atoms with E-state index in [1.165, 1.54) is 0 Å². The number of ether oxygens (including phenoxy) is 1. The summed E-state index contributed by atoms with van der Waals surface area (Å²) < 4.78 is 7.57. The highest BCUT2D eigenvalue weighted by Crippen LogP contribution is 2.36. The summed E-state index contributed by atoms with van der Waals surface area (Å²) in [6.45, 7) is 4.69. The third-order valence-electron chi connectivity index (χ3n) is 4.69. The Labute approximate surface area is 145 Å². The van der Waals surface area contributed by atoms with E-state index < -0.39 is 0 Å². The minimum Gasteiger partial charge on any atom is -0.488 e. The Morgan fingerprint density at radius 2 is 2.16 bits per heavy atom. The fraction of sp³-hybridized carbons (Fsp3) is 0.278. The zero-order chi connectivity index (χ0) is 17.6. The summed E-state index contributed by atoms with van der Waals surface area (Å²) in [6.07, 6.45) is 0. The Bertz CT molecular complexity index is 970. The van der Waals surface area contributed by atoms with Crippen LogP contribution in [0.1, 0.15) is 33.0 Å². The van der Waals surface area contributed by atoms with Gasteiger partial charge in [-0.3, -0.25) is 14.6 Å². The van der Waals surface area contributed by atoms with E-state index in [-0.39, 0.29) is 5.91 Å². The first-order valence-electron chi connectivity index (χ1n) is 8.13. The van der Waals surface area contributed by atoms with Crippen LogP contribution < -0.4 is 10.1 Å². The number of benzene rings is 1. The number of carbonyl (C=O) groups is 1. The highest BCUT2D eigenvalue weighted by molar-refractivity contribution is 5.96. The van der Waals surface area contributed by atoms with Crippen LogP contribution in [0.15, 0.2) is 24.3 Å². The first kappa shape index (κ1) is 15.4. The molecule has 7 nitrogen and oxygen atoms in total. The second-order valence-electron chi connectivity index (χ2n) is 6.17. The van der Waals surface area contributed by atoms with Gasteiger partial charge in [-0.2, -0.15) is 10.2 Å². The second-order valence-corrected chi connectivity index (χ2v) is 6.17. The van der Waals surface area contributed by atoms with E-state index in [0.29, 0.717) is 18.8 Å². The summed E-state index contributed by atoms with van der Waals surface area (Å²) in [7, 11) is 1.90. The molecule has 128 valence electrons. The number of hydrogen-bond acceptors (Lipinski definition) is 4. The number of carbonyl (C=O) groups excluding carboxylic acids is 1. The van der Waals surface area contributed by atoms with Crippen molar-refractivity contribution in [1.29, 1.82) is 0 Å². The van der Waals surface area contributed by atoms with Crippen LogP contribution in [0.5, 0.6) is 5.75 Å². The molecule has 0 spiro atoms. The molecule has 4 rings (SSSR count). The van der Waals surface area contributed by atoms with Crippen LogP contribution in [0.3, 0.4) is 0 Å². The zero-order valence-electron chi connectivity index (χ0n) is 14.4. The van der Waals surface area contributed by atoms with E-state index in [1.54, 1.807) is 0 Å². The lowest BCUT2D eigenvalue weighted by atomic mass is 10.0. The number of nitrogens with zero attached hydrogens (tertiary/aromatic N) is 3. The second kappa shape index (κ2) is 5.77. The maximum Gasteiger partial charge on any atom is 0.270 e. The molecule has 3 aromatic rings. The van der Waals surface area contributed by atoms with Crippen LogP contribution in [-0.4, -0.2) is 25.9 Å². The molecule has 0 aliphatic carbocycles. The Kier molecular flexibility index (Phi) is 3.56. The number of fused-ring (bicyclic) bond motifs is 3.